The normalized spacial score (nSPS) is 15.9. The minimum absolute atomic E-state index is 0.116. The second-order valence-corrected chi connectivity index (χ2v) is 5.23. The van der Waals surface area contributed by atoms with Crippen LogP contribution in [0.3, 0.4) is 0 Å². The smallest absolute Gasteiger partial charge is 0.163 e. The van der Waals surface area contributed by atoms with Gasteiger partial charge in [-0.15, -0.1) is 0 Å². The number of nitrogens with zero attached hydrogens (tertiary/aromatic N) is 1. The van der Waals surface area contributed by atoms with Crippen LogP contribution in [0.15, 0.2) is 12.1 Å². The first kappa shape index (κ1) is 14.2. The highest BCUT2D eigenvalue weighted by molar-refractivity contribution is 5.80. The number of aromatic amines is 1. The molecule has 0 fully saturated rings. The number of methoxy groups -OCH3 is 1. The minimum atomic E-state index is -0.116. The number of H-pyrrole nitrogens is 1. The van der Waals surface area contributed by atoms with E-state index in [1.54, 1.807) is 7.11 Å². The fraction of sp³-hybridized carbons (Fsp3) is 0.533. The Bertz CT molecular complexity index is 568. The molecular formula is C15H21N3O3. The molecule has 1 unspecified atom stereocenters. The third-order valence-corrected chi connectivity index (χ3v) is 3.58. The molecule has 0 radical (unpaired) electrons. The number of nitrogens with two attached hydrogens (primary N) is 1. The molecular weight excluding hydrogens is 270 g/mol. The van der Waals surface area contributed by atoms with Crippen LogP contribution in [0.25, 0.3) is 11.0 Å². The van der Waals surface area contributed by atoms with E-state index >= 15 is 0 Å². The summed E-state index contributed by atoms with van der Waals surface area (Å²) in [6, 6.07) is 3.74. The molecule has 3 rings (SSSR count). The van der Waals surface area contributed by atoms with Crippen molar-refractivity contribution in [1.82, 2.24) is 9.97 Å². The summed E-state index contributed by atoms with van der Waals surface area (Å²) in [4.78, 5) is 7.85. The first-order chi connectivity index (χ1) is 10.3. The molecule has 0 saturated carbocycles. The highest BCUT2D eigenvalue weighted by atomic mass is 16.5. The maximum atomic E-state index is 6.17. The van der Waals surface area contributed by atoms with Crippen molar-refractivity contribution in [2.75, 3.05) is 26.9 Å². The van der Waals surface area contributed by atoms with Crippen LogP contribution in [0, 0.1) is 0 Å². The van der Waals surface area contributed by atoms with Crippen LogP contribution in [0.1, 0.15) is 31.1 Å². The van der Waals surface area contributed by atoms with Crippen LogP contribution in [0.4, 0.5) is 0 Å². The zero-order chi connectivity index (χ0) is 14.7. The molecule has 1 aliphatic heterocycles. The van der Waals surface area contributed by atoms with Crippen LogP contribution in [-0.4, -0.2) is 36.9 Å². The van der Waals surface area contributed by atoms with Crippen molar-refractivity contribution in [2.24, 2.45) is 5.73 Å². The van der Waals surface area contributed by atoms with Gasteiger partial charge in [-0.3, -0.25) is 0 Å². The number of benzene rings is 1. The van der Waals surface area contributed by atoms with Crippen molar-refractivity contribution < 1.29 is 14.2 Å². The lowest BCUT2D eigenvalue weighted by Crippen LogP contribution is -2.12. The Hall–Kier alpha value is -1.79. The SMILES string of the molecule is COCCCC(N)c1nc2cc3c(cc2[nH]1)OCCCO3. The van der Waals surface area contributed by atoms with Crippen molar-refractivity contribution in [3.05, 3.63) is 18.0 Å². The lowest BCUT2D eigenvalue weighted by molar-refractivity contribution is 0.190. The van der Waals surface area contributed by atoms with Gasteiger partial charge in [0.05, 0.1) is 30.3 Å². The summed E-state index contributed by atoms with van der Waals surface area (Å²) in [6.45, 7) is 2.06. The Labute approximate surface area is 123 Å². The van der Waals surface area contributed by atoms with E-state index in [9.17, 15) is 0 Å². The standard InChI is InChI=1S/C15H21N3O3/c1-19-5-2-4-10(16)15-17-11-8-13-14(9-12(11)18-15)21-7-3-6-20-13/h8-10H,2-7,16H2,1H3,(H,17,18). The third kappa shape index (κ3) is 3.11. The monoisotopic (exact) mass is 291 g/mol. The third-order valence-electron chi connectivity index (χ3n) is 3.58. The molecule has 2 heterocycles. The fourth-order valence-electron chi connectivity index (χ4n) is 2.45. The van der Waals surface area contributed by atoms with Gasteiger partial charge >= 0.3 is 0 Å². The van der Waals surface area contributed by atoms with E-state index in [1.165, 1.54) is 0 Å². The molecule has 0 saturated heterocycles. The highest BCUT2D eigenvalue weighted by Gasteiger charge is 2.16. The van der Waals surface area contributed by atoms with Gasteiger partial charge in [0.25, 0.3) is 0 Å². The van der Waals surface area contributed by atoms with Gasteiger partial charge in [-0.25, -0.2) is 4.98 Å². The van der Waals surface area contributed by atoms with Gasteiger partial charge < -0.3 is 24.9 Å². The number of hydrogen-bond acceptors (Lipinski definition) is 5. The van der Waals surface area contributed by atoms with Gasteiger partial charge in [0.2, 0.25) is 0 Å². The van der Waals surface area contributed by atoms with E-state index in [1.807, 2.05) is 12.1 Å². The minimum Gasteiger partial charge on any atom is -0.489 e. The van der Waals surface area contributed by atoms with E-state index in [0.717, 1.165) is 47.6 Å². The average Bonchev–Trinajstić information content (AvgIpc) is 2.76. The molecule has 6 heteroatoms. The fourth-order valence-corrected chi connectivity index (χ4v) is 2.45. The summed E-state index contributed by atoms with van der Waals surface area (Å²) in [5, 5.41) is 0. The maximum absolute atomic E-state index is 6.17. The highest BCUT2D eigenvalue weighted by Crippen LogP contribution is 2.33. The molecule has 114 valence electrons. The van der Waals surface area contributed by atoms with Crippen LogP contribution in [0.5, 0.6) is 11.5 Å². The van der Waals surface area contributed by atoms with E-state index in [0.29, 0.717) is 19.8 Å². The molecule has 1 aromatic heterocycles. The lowest BCUT2D eigenvalue weighted by atomic mass is 10.1. The van der Waals surface area contributed by atoms with Gasteiger partial charge in [-0.1, -0.05) is 0 Å². The number of nitrogens with one attached hydrogen (secondary N) is 1. The topological polar surface area (TPSA) is 82.4 Å². The second-order valence-electron chi connectivity index (χ2n) is 5.23. The van der Waals surface area contributed by atoms with Crippen molar-refractivity contribution >= 4 is 11.0 Å². The van der Waals surface area contributed by atoms with E-state index < -0.39 is 0 Å². The van der Waals surface area contributed by atoms with E-state index in [-0.39, 0.29) is 6.04 Å². The first-order valence-corrected chi connectivity index (χ1v) is 7.31. The van der Waals surface area contributed by atoms with Gasteiger partial charge in [0, 0.05) is 32.3 Å². The summed E-state index contributed by atoms with van der Waals surface area (Å²) >= 11 is 0. The quantitative estimate of drug-likeness (QED) is 0.825. The van der Waals surface area contributed by atoms with Crippen LogP contribution >= 0.6 is 0 Å². The van der Waals surface area contributed by atoms with Gasteiger partial charge in [0.15, 0.2) is 11.5 Å². The molecule has 1 aliphatic rings. The number of ether oxygens (including phenoxy) is 3. The summed E-state index contributed by atoms with van der Waals surface area (Å²) in [7, 11) is 1.69. The van der Waals surface area contributed by atoms with Crippen LogP contribution in [0.2, 0.25) is 0 Å². The van der Waals surface area contributed by atoms with Gasteiger partial charge in [0.1, 0.15) is 5.82 Å². The molecule has 6 nitrogen and oxygen atoms in total. The average molecular weight is 291 g/mol. The summed E-state index contributed by atoms with van der Waals surface area (Å²) in [5.74, 6) is 2.32. The van der Waals surface area contributed by atoms with Crippen molar-refractivity contribution in [3.63, 3.8) is 0 Å². The molecule has 1 atom stereocenters. The number of fused-ring (bicyclic) bond motifs is 2. The maximum Gasteiger partial charge on any atom is 0.163 e. The van der Waals surface area contributed by atoms with E-state index in [4.69, 9.17) is 19.9 Å². The van der Waals surface area contributed by atoms with Crippen molar-refractivity contribution in [1.29, 1.82) is 0 Å². The van der Waals surface area contributed by atoms with Gasteiger partial charge in [-0.05, 0) is 12.8 Å². The molecule has 2 aromatic rings. The summed E-state index contributed by atoms with van der Waals surface area (Å²) < 4.78 is 16.4. The Morgan fingerprint density at radius 2 is 2.10 bits per heavy atom. The Morgan fingerprint density at radius 1 is 1.33 bits per heavy atom. The van der Waals surface area contributed by atoms with Crippen LogP contribution in [-0.2, 0) is 4.74 Å². The van der Waals surface area contributed by atoms with Gasteiger partial charge in [-0.2, -0.15) is 0 Å². The lowest BCUT2D eigenvalue weighted by Gasteiger charge is -2.07. The molecule has 0 aliphatic carbocycles. The van der Waals surface area contributed by atoms with Crippen molar-refractivity contribution in [3.8, 4) is 11.5 Å². The zero-order valence-corrected chi connectivity index (χ0v) is 12.2. The Balaban J connectivity index is 1.83. The summed E-state index contributed by atoms with van der Waals surface area (Å²) in [5.41, 5.74) is 7.95. The first-order valence-electron chi connectivity index (χ1n) is 7.31. The second kappa shape index (κ2) is 6.32. The number of imidazole rings is 1. The molecule has 1 aromatic carbocycles. The zero-order valence-electron chi connectivity index (χ0n) is 12.2. The molecule has 0 spiro atoms. The predicted octanol–water partition coefficient (Wildman–Crippen LogP) is 2.15. The van der Waals surface area contributed by atoms with Crippen molar-refractivity contribution in [2.45, 2.75) is 25.3 Å². The molecule has 0 amide bonds. The number of rotatable bonds is 5. The number of hydrogen-bond donors (Lipinski definition) is 2. The summed E-state index contributed by atoms with van der Waals surface area (Å²) in [6.07, 6.45) is 2.64. The number of aromatic nitrogens is 2. The Kier molecular flexibility index (Phi) is 4.26. The Morgan fingerprint density at radius 3 is 2.86 bits per heavy atom. The molecule has 0 bridgehead atoms. The predicted molar refractivity (Wildman–Crippen MR) is 79.7 cm³/mol. The largest absolute Gasteiger partial charge is 0.489 e. The van der Waals surface area contributed by atoms with Crippen LogP contribution < -0.4 is 15.2 Å². The molecule has 21 heavy (non-hydrogen) atoms. The van der Waals surface area contributed by atoms with E-state index in [2.05, 4.69) is 9.97 Å². The molecule has 3 N–H and O–H groups in total.